The number of carbonyl (C=O) groups excluding carboxylic acids is 3. The van der Waals surface area contributed by atoms with E-state index in [1.807, 2.05) is 18.2 Å². The summed E-state index contributed by atoms with van der Waals surface area (Å²) in [6.07, 6.45) is 2.27. The molecule has 0 aliphatic rings. The van der Waals surface area contributed by atoms with E-state index in [4.69, 9.17) is 0 Å². The van der Waals surface area contributed by atoms with Crippen LogP contribution in [-0.2, 0) is 9.59 Å². The second-order valence-corrected chi connectivity index (χ2v) is 6.05. The fourth-order valence-electron chi connectivity index (χ4n) is 2.57. The summed E-state index contributed by atoms with van der Waals surface area (Å²) in [6, 6.07) is 5.16. The van der Waals surface area contributed by atoms with Gasteiger partial charge in [-0.15, -0.1) is 0 Å². The lowest BCUT2D eigenvalue weighted by atomic mass is 9.96. The standard InChI is InChI=1S/C19H26N2O3/c1-13(2)15-8-9-17(16(11-15)12-23)14(3)21(5)18(7-6-10-22)19(24)20-4/h8-13,18H,3,6-7H2,1-2,4-5H3,(H,20,24)/t18-/m0/s1. The number of nitrogens with zero attached hydrogens (tertiary/aromatic N) is 1. The topological polar surface area (TPSA) is 66.5 Å². The first kappa shape index (κ1) is 19.6. The third-order valence-corrected chi connectivity index (χ3v) is 4.18. The zero-order valence-corrected chi connectivity index (χ0v) is 14.8. The van der Waals surface area contributed by atoms with Gasteiger partial charge in [0.15, 0.2) is 6.29 Å². The first-order valence-corrected chi connectivity index (χ1v) is 8.03. The van der Waals surface area contributed by atoms with Crippen molar-refractivity contribution in [3.05, 3.63) is 41.5 Å². The van der Waals surface area contributed by atoms with Crippen LogP contribution in [0.1, 0.15) is 54.1 Å². The zero-order valence-electron chi connectivity index (χ0n) is 14.8. The van der Waals surface area contributed by atoms with Gasteiger partial charge in [0.1, 0.15) is 12.3 Å². The largest absolute Gasteiger partial charge is 0.363 e. The van der Waals surface area contributed by atoms with E-state index in [1.165, 1.54) is 0 Å². The van der Waals surface area contributed by atoms with Crippen LogP contribution in [0.3, 0.4) is 0 Å². The molecule has 0 aliphatic heterocycles. The number of hydrogen-bond acceptors (Lipinski definition) is 4. The number of hydrogen-bond donors (Lipinski definition) is 1. The molecule has 24 heavy (non-hydrogen) atoms. The van der Waals surface area contributed by atoms with Crippen LogP contribution in [0.25, 0.3) is 5.70 Å². The van der Waals surface area contributed by atoms with E-state index in [2.05, 4.69) is 25.7 Å². The van der Waals surface area contributed by atoms with Crippen molar-refractivity contribution in [1.29, 1.82) is 0 Å². The van der Waals surface area contributed by atoms with E-state index in [0.29, 0.717) is 29.2 Å². The van der Waals surface area contributed by atoms with Crippen LogP contribution in [0.5, 0.6) is 0 Å². The molecule has 1 N–H and O–H groups in total. The van der Waals surface area contributed by atoms with E-state index in [1.54, 1.807) is 19.0 Å². The lowest BCUT2D eigenvalue weighted by molar-refractivity contribution is -0.124. The fraction of sp³-hybridized carbons (Fsp3) is 0.421. The van der Waals surface area contributed by atoms with Gasteiger partial charge in [-0.05, 0) is 24.0 Å². The number of benzene rings is 1. The number of amides is 1. The van der Waals surface area contributed by atoms with E-state index in [-0.39, 0.29) is 12.3 Å². The molecule has 0 unspecified atom stereocenters. The molecular weight excluding hydrogens is 304 g/mol. The molecule has 0 heterocycles. The molecule has 1 atom stereocenters. The van der Waals surface area contributed by atoms with Crippen molar-refractivity contribution in [2.24, 2.45) is 0 Å². The molecule has 130 valence electrons. The maximum Gasteiger partial charge on any atom is 0.242 e. The number of rotatable bonds is 9. The second kappa shape index (κ2) is 9.01. The monoisotopic (exact) mass is 330 g/mol. The zero-order chi connectivity index (χ0) is 18.3. The van der Waals surface area contributed by atoms with Crippen LogP contribution in [0.2, 0.25) is 0 Å². The smallest absolute Gasteiger partial charge is 0.242 e. The van der Waals surface area contributed by atoms with E-state index < -0.39 is 6.04 Å². The predicted molar refractivity (Wildman–Crippen MR) is 95.9 cm³/mol. The SMILES string of the molecule is C=C(c1ccc(C(C)C)cc1C=O)N(C)[C@@H](CCC=O)C(=O)NC. The summed E-state index contributed by atoms with van der Waals surface area (Å²) in [5.41, 5.74) is 2.88. The van der Waals surface area contributed by atoms with Gasteiger partial charge in [-0.1, -0.05) is 32.6 Å². The maximum absolute atomic E-state index is 12.1. The molecule has 1 aromatic rings. The molecule has 0 fully saturated rings. The van der Waals surface area contributed by atoms with Crippen LogP contribution in [-0.4, -0.2) is 43.5 Å². The molecule has 0 aliphatic carbocycles. The van der Waals surface area contributed by atoms with Gasteiger partial charge in [-0.25, -0.2) is 0 Å². The van der Waals surface area contributed by atoms with Crippen LogP contribution in [0.4, 0.5) is 0 Å². The number of nitrogens with one attached hydrogen (secondary N) is 1. The van der Waals surface area contributed by atoms with Crippen molar-refractivity contribution in [2.45, 2.75) is 38.6 Å². The molecule has 1 amide bonds. The number of carbonyl (C=O) groups is 3. The third-order valence-electron chi connectivity index (χ3n) is 4.18. The third kappa shape index (κ3) is 4.54. The summed E-state index contributed by atoms with van der Waals surface area (Å²) in [7, 11) is 3.30. The Labute approximate surface area is 143 Å². The van der Waals surface area contributed by atoms with Crippen LogP contribution < -0.4 is 5.32 Å². The molecular formula is C19H26N2O3. The Morgan fingerprint density at radius 1 is 1.33 bits per heavy atom. The van der Waals surface area contributed by atoms with Crippen LogP contribution in [0, 0.1) is 0 Å². The summed E-state index contributed by atoms with van der Waals surface area (Å²) in [5, 5.41) is 2.61. The molecule has 0 bridgehead atoms. The van der Waals surface area contributed by atoms with E-state index in [0.717, 1.165) is 18.1 Å². The summed E-state index contributed by atoms with van der Waals surface area (Å²) < 4.78 is 0. The van der Waals surface area contributed by atoms with Gasteiger partial charge in [0.05, 0.1) is 0 Å². The molecule has 5 heteroatoms. The molecule has 0 spiro atoms. The molecule has 5 nitrogen and oxygen atoms in total. The van der Waals surface area contributed by atoms with Crippen LogP contribution in [0.15, 0.2) is 24.8 Å². The first-order chi connectivity index (χ1) is 11.4. The Balaban J connectivity index is 3.15. The molecule has 0 saturated heterocycles. The highest BCUT2D eigenvalue weighted by Gasteiger charge is 2.24. The highest BCUT2D eigenvalue weighted by molar-refractivity contribution is 5.87. The molecule has 0 aromatic heterocycles. The van der Waals surface area contributed by atoms with Gasteiger partial charge in [-0.3, -0.25) is 9.59 Å². The first-order valence-electron chi connectivity index (χ1n) is 8.03. The Morgan fingerprint density at radius 2 is 2.00 bits per heavy atom. The average molecular weight is 330 g/mol. The van der Waals surface area contributed by atoms with Crippen molar-refractivity contribution in [1.82, 2.24) is 10.2 Å². The molecule has 1 rings (SSSR count). The Kier molecular flexibility index (Phi) is 7.36. The molecule has 0 radical (unpaired) electrons. The average Bonchev–Trinajstić information content (AvgIpc) is 2.60. The Morgan fingerprint density at radius 3 is 2.50 bits per heavy atom. The fourth-order valence-corrected chi connectivity index (χ4v) is 2.57. The van der Waals surface area contributed by atoms with Gasteiger partial charge >= 0.3 is 0 Å². The number of likely N-dealkylation sites (N-methyl/N-ethyl adjacent to an activating group) is 2. The molecule has 0 saturated carbocycles. The Hall–Kier alpha value is -2.43. The summed E-state index contributed by atoms with van der Waals surface area (Å²) in [4.78, 5) is 36.0. The highest BCUT2D eigenvalue weighted by Crippen LogP contribution is 2.26. The van der Waals surface area contributed by atoms with E-state index in [9.17, 15) is 14.4 Å². The predicted octanol–water partition coefficient (Wildman–Crippen LogP) is 2.62. The lowest BCUT2D eigenvalue weighted by Crippen LogP contribution is -2.43. The van der Waals surface area contributed by atoms with Crippen molar-refractivity contribution >= 4 is 24.2 Å². The summed E-state index contributed by atoms with van der Waals surface area (Å²) in [6.45, 7) is 8.17. The normalized spacial score (nSPS) is 11.7. The van der Waals surface area contributed by atoms with Gasteiger partial charge in [0.25, 0.3) is 0 Å². The van der Waals surface area contributed by atoms with Gasteiger partial charge in [0, 0.05) is 37.3 Å². The number of aldehydes is 2. The second-order valence-electron chi connectivity index (χ2n) is 6.05. The molecule has 1 aromatic carbocycles. The van der Waals surface area contributed by atoms with Crippen molar-refractivity contribution < 1.29 is 14.4 Å². The van der Waals surface area contributed by atoms with Gasteiger partial charge < -0.3 is 15.0 Å². The van der Waals surface area contributed by atoms with Crippen molar-refractivity contribution in [3.8, 4) is 0 Å². The summed E-state index contributed by atoms with van der Waals surface area (Å²) >= 11 is 0. The quantitative estimate of drug-likeness (QED) is 0.707. The van der Waals surface area contributed by atoms with E-state index >= 15 is 0 Å². The maximum atomic E-state index is 12.1. The van der Waals surface area contributed by atoms with Crippen molar-refractivity contribution in [2.75, 3.05) is 14.1 Å². The minimum Gasteiger partial charge on any atom is -0.363 e. The lowest BCUT2D eigenvalue weighted by Gasteiger charge is -2.30. The minimum absolute atomic E-state index is 0.188. The van der Waals surface area contributed by atoms with Gasteiger partial charge in [0.2, 0.25) is 5.91 Å². The van der Waals surface area contributed by atoms with Gasteiger partial charge in [-0.2, -0.15) is 0 Å². The Bertz CT molecular complexity index is 623. The van der Waals surface area contributed by atoms with Crippen LogP contribution >= 0.6 is 0 Å². The minimum atomic E-state index is -0.517. The summed E-state index contributed by atoms with van der Waals surface area (Å²) in [5.74, 6) is 0.127. The van der Waals surface area contributed by atoms with Crippen molar-refractivity contribution in [3.63, 3.8) is 0 Å². The highest BCUT2D eigenvalue weighted by atomic mass is 16.2.